The molecule has 0 aromatic heterocycles. The van der Waals surface area contributed by atoms with Crippen molar-refractivity contribution < 1.29 is 33.7 Å². The Morgan fingerprint density at radius 1 is 1.27 bits per heavy atom. The number of amides is 1. The van der Waals surface area contributed by atoms with E-state index in [9.17, 15) is 19.5 Å². The highest BCUT2D eigenvalue weighted by Gasteiger charge is 2.47. The van der Waals surface area contributed by atoms with Gasteiger partial charge in [0, 0.05) is 6.42 Å². The first kappa shape index (κ1) is 26.4. The van der Waals surface area contributed by atoms with Gasteiger partial charge >= 0.3 is 18.0 Å². The summed E-state index contributed by atoms with van der Waals surface area (Å²) in [6.07, 6.45) is 0.475. The van der Waals surface area contributed by atoms with Crippen LogP contribution in [0.2, 0.25) is 0 Å². The molecule has 0 saturated carbocycles. The zero-order valence-electron chi connectivity index (χ0n) is 19.2. The number of nitrogens with zero attached hydrogens (tertiary/aromatic N) is 1. The minimum absolute atomic E-state index is 0.0201. The molecule has 10 heteroatoms. The minimum Gasteiger partial charge on any atom is -0.460 e. The van der Waals surface area contributed by atoms with Crippen LogP contribution in [0.15, 0.2) is 48.0 Å². The first-order valence-corrected chi connectivity index (χ1v) is 11.2. The van der Waals surface area contributed by atoms with Gasteiger partial charge in [0.25, 0.3) is 0 Å². The number of hydrogen-bond acceptors (Lipinski definition) is 9. The van der Waals surface area contributed by atoms with Crippen LogP contribution in [0.3, 0.4) is 0 Å². The van der Waals surface area contributed by atoms with Crippen molar-refractivity contribution in [1.82, 2.24) is 5.32 Å². The molecule has 9 nitrogen and oxygen atoms in total. The van der Waals surface area contributed by atoms with Gasteiger partial charge in [0.1, 0.15) is 24.9 Å². The Morgan fingerprint density at radius 3 is 2.55 bits per heavy atom. The first-order valence-electron chi connectivity index (χ1n) is 10.4. The molecule has 1 aliphatic rings. The van der Waals surface area contributed by atoms with Crippen LogP contribution in [-0.4, -0.2) is 57.4 Å². The van der Waals surface area contributed by atoms with Crippen molar-refractivity contribution in [3.8, 4) is 0 Å². The average molecular weight is 479 g/mol. The Hall–Kier alpha value is -2.85. The molecule has 2 unspecified atom stereocenters. The second-order valence-corrected chi connectivity index (χ2v) is 9.69. The van der Waals surface area contributed by atoms with Gasteiger partial charge in [-0.05, 0) is 33.3 Å². The number of carbonyl (C=O) groups excluding carboxylic acids is 3. The standard InChI is InChI=1S/C23H30N2O7S/c1-6-12-30-19(26)16(24-21(28)31-14-15-10-8-7-9-11-15)13-17-25-23(5,29)18(33-17)20(27)32-22(2,3)4/h6-11,16,18,29H,1,12-14H2,2-5H3,(H,24,28)/t16-,18?,23?/m0/s1. The molecule has 0 fully saturated rings. The van der Waals surface area contributed by atoms with E-state index >= 15 is 0 Å². The summed E-state index contributed by atoms with van der Waals surface area (Å²) in [7, 11) is 0. The molecular weight excluding hydrogens is 448 g/mol. The number of esters is 2. The van der Waals surface area contributed by atoms with Crippen LogP contribution < -0.4 is 5.32 Å². The van der Waals surface area contributed by atoms with Gasteiger partial charge in [0.05, 0.1) is 5.04 Å². The second kappa shape index (κ2) is 11.3. The third kappa shape index (κ3) is 8.54. The van der Waals surface area contributed by atoms with Crippen molar-refractivity contribution in [2.24, 2.45) is 4.99 Å². The number of rotatable bonds is 9. The Bertz CT molecular complexity index is 894. The molecule has 2 N–H and O–H groups in total. The number of aliphatic imine (C=N–C) groups is 1. The average Bonchev–Trinajstić information content (AvgIpc) is 3.03. The number of alkyl carbamates (subject to hydrolysis) is 1. The Morgan fingerprint density at radius 2 is 1.94 bits per heavy atom. The van der Waals surface area contributed by atoms with E-state index in [2.05, 4.69) is 16.9 Å². The summed E-state index contributed by atoms with van der Waals surface area (Å²) in [5.74, 6) is -1.35. The van der Waals surface area contributed by atoms with Crippen LogP contribution in [0.4, 0.5) is 4.79 Å². The van der Waals surface area contributed by atoms with Gasteiger partial charge in [-0.15, -0.1) is 0 Å². The molecule has 33 heavy (non-hydrogen) atoms. The van der Waals surface area contributed by atoms with Gasteiger partial charge < -0.3 is 24.6 Å². The monoisotopic (exact) mass is 478 g/mol. The molecule has 3 atom stereocenters. The number of benzene rings is 1. The van der Waals surface area contributed by atoms with Crippen LogP contribution in [-0.2, 0) is 30.4 Å². The fraction of sp³-hybridized carbons (Fsp3) is 0.478. The third-order valence-electron chi connectivity index (χ3n) is 4.23. The lowest BCUT2D eigenvalue weighted by molar-refractivity contribution is -0.158. The first-order chi connectivity index (χ1) is 15.4. The smallest absolute Gasteiger partial charge is 0.408 e. The maximum atomic E-state index is 12.5. The highest BCUT2D eigenvalue weighted by atomic mass is 32.2. The molecule has 1 aromatic rings. The van der Waals surface area contributed by atoms with Crippen molar-refractivity contribution in [2.45, 2.75) is 63.3 Å². The molecule has 1 heterocycles. The van der Waals surface area contributed by atoms with Gasteiger partial charge in [0.2, 0.25) is 0 Å². The van der Waals surface area contributed by atoms with Gasteiger partial charge in [-0.25, -0.2) is 14.6 Å². The quantitative estimate of drug-likeness (QED) is 0.315. The van der Waals surface area contributed by atoms with Crippen LogP contribution in [0.25, 0.3) is 0 Å². The summed E-state index contributed by atoms with van der Waals surface area (Å²) in [6, 6.07) is 7.92. The summed E-state index contributed by atoms with van der Waals surface area (Å²) in [5, 5.41) is 12.4. The Labute approximate surface area is 197 Å². The third-order valence-corrected chi connectivity index (χ3v) is 5.64. The van der Waals surface area contributed by atoms with Crippen molar-refractivity contribution in [3.63, 3.8) is 0 Å². The molecule has 0 spiro atoms. The summed E-state index contributed by atoms with van der Waals surface area (Å²) >= 11 is 0.979. The van der Waals surface area contributed by atoms with Gasteiger partial charge in [-0.3, -0.25) is 4.79 Å². The van der Waals surface area contributed by atoms with E-state index in [4.69, 9.17) is 14.2 Å². The topological polar surface area (TPSA) is 124 Å². The fourth-order valence-corrected chi connectivity index (χ4v) is 4.01. The van der Waals surface area contributed by atoms with E-state index in [1.54, 1.807) is 32.9 Å². The predicted molar refractivity (Wildman–Crippen MR) is 125 cm³/mol. The number of carbonyl (C=O) groups is 3. The molecule has 0 saturated heterocycles. The lowest BCUT2D eigenvalue weighted by atomic mass is 10.1. The SMILES string of the molecule is C=CCOC(=O)[C@H](CC1=NC(C)(O)C(C(=O)OC(C)(C)C)S1)NC(=O)OCc1ccccc1. The van der Waals surface area contributed by atoms with E-state index in [-0.39, 0.29) is 19.6 Å². The van der Waals surface area contributed by atoms with Gasteiger partial charge in [-0.2, -0.15) is 0 Å². The van der Waals surface area contributed by atoms with Crippen molar-refractivity contribution in [1.29, 1.82) is 0 Å². The van der Waals surface area contributed by atoms with Crippen molar-refractivity contribution >= 4 is 34.8 Å². The molecule has 2 rings (SSSR count). The predicted octanol–water partition coefficient (Wildman–Crippen LogP) is 2.96. The normalized spacial score (nSPS) is 20.9. The van der Waals surface area contributed by atoms with Gasteiger partial charge in [-0.1, -0.05) is 54.7 Å². The molecule has 0 bridgehead atoms. The Balaban J connectivity index is 2.06. The molecule has 1 aromatic carbocycles. The summed E-state index contributed by atoms with van der Waals surface area (Å²) < 4.78 is 15.6. The zero-order valence-corrected chi connectivity index (χ0v) is 20.0. The van der Waals surface area contributed by atoms with E-state index in [0.29, 0.717) is 5.04 Å². The van der Waals surface area contributed by atoms with Crippen molar-refractivity contribution in [3.05, 3.63) is 48.6 Å². The molecular formula is C23H30N2O7S. The zero-order chi connectivity index (χ0) is 24.6. The maximum absolute atomic E-state index is 12.5. The minimum atomic E-state index is -1.73. The van der Waals surface area contributed by atoms with Crippen LogP contribution >= 0.6 is 11.8 Å². The van der Waals surface area contributed by atoms with Crippen molar-refractivity contribution in [2.75, 3.05) is 6.61 Å². The van der Waals surface area contributed by atoms with E-state index in [1.807, 2.05) is 18.2 Å². The van der Waals surface area contributed by atoms with E-state index < -0.39 is 40.6 Å². The number of nitrogens with one attached hydrogen (secondary N) is 1. The van der Waals surface area contributed by atoms with E-state index in [1.165, 1.54) is 13.0 Å². The second-order valence-electron chi connectivity index (χ2n) is 8.51. The summed E-state index contributed by atoms with van der Waals surface area (Å²) in [4.78, 5) is 41.5. The lowest BCUT2D eigenvalue weighted by Gasteiger charge is -2.26. The van der Waals surface area contributed by atoms with E-state index in [0.717, 1.165) is 17.3 Å². The van der Waals surface area contributed by atoms with Gasteiger partial charge in [0.15, 0.2) is 11.0 Å². The summed E-state index contributed by atoms with van der Waals surface area (Å²) in [5.41, 5.74) is -1.69. The molecule has 1 amide bonds. The van der Waals surface area contributed by atoms with Crippen LogP contribution in [0.5, 0.6) is 0 Å². The summed E-state index contributed by atoms with van der Waals surface area (Å²) in [6.45, 7) is 10.0. The van der Waals surface area contributed by atoms with Crippen LogP contribution in [0, 0.1) is 0 Å². The number of ether oxygens (including phenoxy) is 3. The molecule has 1 aliphatic heterocycles. The highest BCUT2D eigenvalue weighted by molar-refractivity contribution is 8.15. The molecule has 0 aliphatic carbocycles. The fourth-order valence-electron chi connectivity index (χ4n) is 2.82. The lowest BCUT2D eigenvalue weighted by Crippen LogP contribution is -2.43. The molecule has 0 radical (unpaired) electrons. The number of hydrogen-bond donors (Lipinski definition) is 2. The Kier molecular flexibility index (Phi) is 9.07. The highest BCUT2D eigenvalue weighted by Crippen LogP contribution is 2.37. The maximum Gasteiger partial charge on any atom is 0.408 e. The number of thioether (sulfide) groups is 1. The van der Waals surface area contributed by atoms with Crippen LogP contribution in [0.1, 0.15) is 39.7 Å². The largest absolute Gasteiger partial charge is 0.460 e. The molecule has 180 valence electrons. The number of aliphatic hydroxyl groups is 1.